The highest BCUT2D eigenvalue weighted by Gasteiger charge is 2.20. The van der Waals surface area contributed by atoms with Crippen LogP contribution >= 0.6 is 0 Å². The van der Waals surface area contributed by atoms with Crippen molar-refractivity contribution in [3.05, 3.63) is 29.8 Å². The molecular formula is C15H24N2O. The maximum absolute atomic E-state index is 9.60. The minimum Gasteiger partial charge on any atom is -0.393 e. The van der Waals surface area contributed by atoms with Crippen molar-refractivity contribution in [3.63, 3.8) is 0 Å². The van der Waals surface area contributed by atoms with Crippen LogP contribution in [0.4, 0.5) is 5.69 Å². The van der Waals surface area contributed by atoms with Crippen LogP contribution in [0.25, 0.3) is 0 Å². The third-order valence-corrected chi connectivity index (χ3v) is 3.72. The smallest absolute Gasteiger partial charge is 0.0574 e. The van der Waals surface area contributed by atoms with Crippen LogP contribution in [0, 0.1) is 0 Å². The summed E-state index contributed by atoms with van der Waals surface area (Å²) >= 11 is 0. The predicted octanol–water partition coefficient (Wildman–Crippen LogP) is 2.32. The minimum atomic E-state index is -0.111. The summed E-state index contributed by atoms with van der Waals surface area (Å²) in [5, 5.41) is 13.1. The van der Waals surface area contributed by atoms with Gasteiger partial charge in [-0.05, 0) is 37.9 Å². The molecule has 1 saturated heterocycles. The second-order valence-corrected chi connectivity index (χ2v) is 5.06. The molecule has 0 radical (unpaired) electrons. The maximum Gasteiger partial charge on any atom is 0.0574 e. The lowest BCUT2D eigenvalue weighted by Gasteiger charge is -2.34. The molecule has 1 aliphatic heterocycles. The largest absolute Gasteiger partial charge is 0.393 e. The number of nitrogens with zero attached hydrogens (tertiary/aromatic N) is 1. The molecule has 100 valence electrons. The molecule has 1 aliphatic rings. The Bertz CT molecular complexity index is 373. The van der Waals surface area contributed by atoms with E-state index in [9.17, 15) is 5.11 Å². The van der Waals surface area contributed by atoms with Crippen LogP contribution in [0.1, 0.15) is 38.3 Å². The number of piperidine rings is 1. The molecule has 1 aromatic carbocycles. The number of hydrogen-bond acceptors (Lipinski definition) is 3. The standard InChI is InChI=1S/C15H24N2O/c1-3-16-12(2)14-6-4-5-7-15(14)17-10-8-13(18)9-11-17/h4-7,12-13,16,18H,3,8-11H2,1-2H3. The SMILES string of the molecule is CCNC(C)c1ccccc1N1CCC(O)CC1. The van der Waals surface area contributed by atoms with Crippen molar-refractivity contribution < 1.29 is 5.11 Å². The molecule has 1 atom stereocenters. The van der Waals surface area contributed by atoms with Gasteiger partial charge in [-0.2, -0.15) is 0 Å². The maximum atomic E-state index is 9.60. The summed E-state index contributed by atoms with van der Waals surface area (Å²) in [7, 11) is 0. The predicted molar refractivity (Wildman–Crippen MR) is 76.0 cm³/mol. The molecule has 0 saturated carbocycles. The lowest BCUT2D eigenvalue weighted by atomic mass is 10.0. The summed E-state index contributed by atoms with van der Waals surface area (Å²) < 4.78 is 0. The zero-order valence-corrected chi connectivity index (χ0v) is 11.4. The lowest BCUT2D eigenvalue weighted by Crippen LogP contribution is -2.36. The molecule has 1 unspecified atom stereocenters. The minimum absolute atomic E-state index is 0.111. The van der Waals surface area contributed by atoms with E-state index in [0.717, 1.165) is 32.5 Å². The number of benzene rings is 1. The average Bonchev–Trinajstić information content (AvgIpc) is 2.40. The van der Waals surface area contributed by atoms with Crippen molar-refractivity contribution in [2.75, 3.05) is 24.5 Å². The quantitative estimate of drug-likeness (QED) is 0.858. The molecule has 0 spiro atoms. The summed E-state index contributed by atoms with van der Waals surface area (Å²) in [6, 6.07) is 8.97. The molecule has 3 heteroatoms. The van der Waals surface area contributed by atoms with Crippen LogP contribution in [0.15, 0.2) is 24.3 Å². The van der Waals surface area contributed by atoms with Gasteiger partial charge in [0.05, 0.1) is 6.10 Å². The van der Waals surface area contributed by atoms with Crippen molar-refractivity contribution in [3.8, 4) is 0 Å². The fourth-order valence-electron chi connectivity index (χ4n) is 2.66. The number of aliphatic hydroxyl groups is 1. The van der Waals surface area contributed by atoms with E-state index in [-0.39, 0.29) is 6.10 Å². The van der Waals surface area contributed by atoms with Gasteiger partial charge in [0.25, 0.3) is 0 Å². The highest BCUT2D eigenvalue weighted by Crippen LogP contribution is 2.28. The first kappa shape index (κ1) is 13.4. The Morgan fingerprint density at radius 3 is 2.67 bits per heavy atom. The second kappa shape index (κ2) is 6.21. The van der Waals surface area contributed by atoms with Gasteiger partial charge >= 0.3 is 0 Å². The van der Waals surface area contributed by atoms with Crippen molar-refractivity contribution >= 4 is 5.69 Å². The van der Waals surface area contributed by atoms with E-state index in [4.69, 9.17) is 0 Å². The third-order valence-electron chi connectivity index (χ3n) is 3.72. The van der Waals surface area contributed by atoms with Crippen LogP contribution in [-0.2, 0) is 0 Å². The molecule has 1 heterocycles. The number of hydrogen-bond donors (Lipinski definition) is 2. The molecular weight excluding hydrogens is 224 g/mol. The number of para-hydroxylation sites is 1. The van der Waals surface area contributed by atoms with Gasteiger partial charge in [0.2, 0.25) is 0 Å². The van der Waals surface area contributed by atoms with Gasteiger partial charge < -0.3 is 15.3 Å². The van der Waals surface area contributed by atoms with Crippen LogP contribution in [0.2, 0.25) is 0 Å². The Morgan fingerprint density at radius 2 is 2.00 bits per heavy atom. The first-order valence-corrected chi connectivity index (χ1v) is 6.97. The van der Waals surface area contributed by atoms with Gasteiger partial charge in [-0.1, -0.05) is 25.1 Å². The highest BCUT2D eigenvalue weighted by molar-refractivity contribution is 5.55. The van der Waals surface area contributed by atoms with Crippen molar-refractivity contribution in [2.24, 2.45) is 0 Å². The molecule has 2 rings (SSSR count). The van der Waals surface area contributed by atoms with Crippen LogP contribution in [0.5, 0.6) is 0 Å². The zero-order chi connectivity index (χ0) is 13.0. The molecule has 0 amide bonds. The van der Waals surface area contributed by atoms with Crippen molar-refractivity contribution in [1.82, 2.24) is 5.32 Å². The Hall–Kier alpha value is -1.06. The first-order valence-electron chi connectivity index (χ1n) is 6.97. The van der Waals surface area contributed by atoms with Crippen LogP contribution < -0.4 is 10.2 Å². The van der Waals surface area contributed by atoms with Crippen LogP contribution in [0.3, 0.4) is 0 Å². The first-order chi connectivity index (χ1) is 8.72. The molecule has 0 aromatic heterocycles. The van der Waals surface area contributed by atoms with Crippen molar-refractivity contribution in [1.29, 1.82) is 0 Å². The summed E-state index contributed by atoms with van der Waals surface area (Å²) in [6.07, 6.45) is 1.65. The van der Waals surface area contributed by atoms with Gasteiger partial charge in [0.1, 0.15) is 0 Å². The fraction of sp³-hybridized carbons (Fsp3) is 0.600. The van der Waals surface area contributed by atoms with Gasteiger partial charge in [-0.15, -0.1) is 0 Å². The number of aliphatic hydroxyl groups excluding tert-OH is 1. The topological polar surface area (TPSA) is 35.5 Å². The van der Waals surface area contributed by atoms with E-state index in [1.54, 1.807) is 0 Å². The summed E-state index contributed by atoms with van der Waals surface area (Å²) in [5.74, 6) is 0. The molecule has 1 fully saturated rings. The van der Waals surface area contributed by atoms with E-state index in [0.29, 0.717) is 6.04 Å². The molecule has 3 nitrogen and oxygen atoms in total. The molecule has 0 aliphatic carbocycles. The summed E-state index contributed by atoms with van der Waals surface area (Å²) in [5.41, 5.74) is 2.67. The molecule has 2 N–H and O–H groups in total. The lowest BCUT2D eigenvalue weighted by molar-refractivity contribution is 0.145. The van der Waals surface area contributed by atoms with E-state index >= 15 is 0 Å². The second-order valence-electron chi connectivity index (χ2n) is 5.06. The number of rotatable bonds is 4. The van der Waals surface area contributed by atoms with Gasteiger partial charge in [0.15, 0.2) is 0 Å². The molecule has 18 heavy (non-hydrogen) atoms. The molecule has 1 aromatic rings. The molecule has 0 bridgehead atoms. The van der Waals surface area contributed by atoms with Crippen molar-refractivity contribution in [2.45, 2.75) is 38.8 Å². The Kier molecular flexibility index (Phi) is 4.61. The van der Waals surface area contributed by atoms with E-state index in [2.05, 4.69) is 48.3 Å². The van der Waals surface area contributed by atoms with Gasteiger partial charge in [-0.25, -0.2) is 0 Å². The highest BCUT2D eigenvalue weighted by atomic mass is 16.3. The normalized spacial score (nSPS) is 18.9. The summed E-state index contributed by atoms with van der Waals surface area (Å²) in [4.78, 5) is 2.40. The number of nitrogens with one attached hydrogen (secondary N) is 1. The Labute approximate surface area is 110 Å². The monoisotopic (exact) mass is 248 g/mol. The van der Waals surface area contributed by atoms with E-state index < -0.39 is 0 Å². The third kappa shape index (κ3) is 3.03. The van der Waals surface area contributed by atoms with E-state index in [1.807, 2.05) is 0 Å². The average molecular weight is 248 g/mol. The summed E-state index contributed by atoms with van der Waals surface area (Å²) in [6.45, 7) is 7.24. The van der Waals surface area contributed by atoms with E-state index in [1.165, 1.54) is 11.3 Å². The Morgan fingerprint density at radius 1 is 1.33 bits per heavy atom. The van der Waals surface area contributed by atoms with Crippen LogP contribution in [-0.4, -0.2) is 30.8 Å². The zero-order valence-electron chi connectivity index (χ0n) is 11.4. The van der Waals surface area contributed by atoms with Gasteiger partial charge in [0, 0.05) is 24.8 Å². The van der Waals surface area contributed by atoms with Gasteiger partial charge in [-0.3, -0.25) is 0 Å². The number of anilines is 1. The Balaban J connectivity index is 2.16. The fourth-order valence-corrected chi connectivity index (χ4v) is 2.66.